The number of carbonyl (C=O) groups is 2. The van der Waals surface area contributed by atoms with Crippen LogP contribution < -0.4 is 5.73 Å². The highest BCUT2D eigenvalue weighted by molar-refractivity contribution is 6.35. The van der Waals surface area contributed by atoms with Gasteiger partial charge in [0.2, 0.25) is 5.91 Å². The molecule has 31 heavy (non-hydrogen) atoms. The zero-order valence-electron chi connectivity index (χ0n) is 17.3. The second-order valence-electron chi connectivity index (χ2n) is 7.81. The Kier molecular flexibility index (Phi) is 6.03. The van der Waals surface area contributed by atoms with Crippen molar-refractivity contribution in [3.05, 3.63) is 69.9 Å². The maximum Gasteiger partial charge on any atom is 0.337 e. The van der Waals surface area contributed by atoms with Gasteiger partial charge in [0.15, 0.2) is 6.10 Å². The number of carbonyl (C=O) groups excluding carboxylic acids is 1. The molecule has 2 atom stereocenters. The molecule has 3 N–H and O–H groups in total. The van der Waals surface area contributed by atoms with Crippen LogP contribution in [0.25, 0.3) is 10.9 Å². The topological polar surface area (TPSA) is 94.6 Å². The van der Waals surface area contributed by atoms with Crippen LogP contribution in [0.15, 0.2) is 42.5 Å². The van der Waals surface area contributed by atoms with E-state index in [-0.39, 0.29) is 6.61 Å². The van der Waals surface area contributed by atoms with Crippen molar-refractivity contribution in [3.63, 3.8) is 0 Å². The summed E-state index contributed by atoms with van der Waals surface area (Å²) in [4.78, 5) is 24.4. The number of aliphatic carboxylic acids is 1. The second kappa shape index (κ2) is 8.73. The Hall–Kier alpha value is -2.83. The maximum absolute atomic E-state index is 12.4. The van der Waals surface area contributed by atoms with Crippen molar-refractivity contribution in [2.24, 2.45) is 5.73 Å². The molecule has 3 aromatic rings. The monoisotopic (exact) mass is 440 g/mol. The third-order valence-corrected chi connectivity index (χ3v) is 6.26. The van der Waals surface area contributed by atoms with Crippen molar-refractivity contribution >= 4 is 34.4 Å². The molecule has 1 aromatic heterocycles. The van der Waals surface area contributed by atoms with E-state index in [0.29, 0.717) is 28.9 Å². The predicted molar refractivity (Wildman–Crippen MR) is 119 cm³/mol. The van der Waals surface area contributed by atoms with Crippen LogP contribution in [-0.4, -0.2) is 28.2 Å². The number of aromatic nitrogens is 1. The van der Waals surface area contributed by atoms with E-state index in [9.17, 15) is 14.7 Å². The van der Waals surface area contributed by atoms with Gasteiger partial charge in [-0.1, -0.05) is 48.0 Å². The van der Waals surface area contributed by atoms with Crippen LogP contribution in [-0.2, 0) is 27.3 Å². The first kappa shape index (κ1) is 21.4. The maximum atomic E-state index is 12.4. The van der Waals surface area contributed by atoms with Crippen LogP contribution in [0.1, 0.15) is 54.2 Å². The summed E-state index contributed by atoms with van der Waals surface area (Å²) < 4.78 is 7.70. The number of hydrogen-bond acceptors (Lipinski definition) is 3. The average Bonchev–Trinajstić information content (AvgIpc) is 3.08. The summed E-state index contributed by atoms with van der Waals surface area (Å²) in [5.74, 6) is -1.98. The van der Waals surface area contributed by atoms with Gasteiger partial charge >= 0.3 is 5.97 Å². The quantitative estimate of drug-likeness (QED) is 0.568. The van der Waals surface area contributed by atoms with Gasteiger partial charge in [-0.3, -0.25) is 4.79 Å². The normalized spacial score (nSPS) is 16.8. The first-order chi connectivity index (χ1) is 14.9. The van der Waals surface area contributed by atoms with Crippen molar-refractivity contribution in [2.45, 2.75) is 44.8 Å². The van der Waals surface area contributed by atoms with Crippen LogP contribution in [0, 0.1) is 0 Å². The van der Waals surface area contributed by atoms with Crippen molar-refractivity contribution in [3.8, 4) is 0 Å². The molecule has 0 saturated heterocycles. The van der Waals surface area contributed by atoms with Gasteiger partial charge < -0.3 is 20.1 Å². The van der Waals surface area contributed by atoms with Gasteiger partial charge in [-0.2, -0.15) is 0 Å². The van der Waals surface area contributed by atoms with Gasteiger partial charge in [-0.15, -0.1) is 0 Å². The molecule has 0 spiro atoms. The molecule has 2 unspecified atom stereocenters. The summed E-state index contributed by atoms with van der Waals surface area (Å²) in [5, 5.41) is 11.0. The Balaban J connectivity index is 2.06. The molecule has 2 aromatic carbocycles. The Labute approximate surface area is 185 Å². The molecule has 1 heterocycles. The van der Waals surface area contributed by atoms with E-state index in [0.717, 1.165) is 35.2 Å². The summed E-state index contributed by atoms with van der Waals surface area (Å²) in [6.45, 7) is 2.56. The summed E-state index contributed by atoms with van der Waals surface area (Å²) in [5.41, 5.74) is 9.90. The molecule has 0 aliphatic heterocycles. The standard InChI is InChI=1S/C24H25ClN2O4/c1-2-31-22(24(29)30)15-11-12-17(25)21-20(15)19-16(23(26)28)9-6-10-18(19)27(21)13-14-7-4-3-5-8-14/h3-5,7-8,11-12,16,22H,2,6,9-10,13H2,1H3,(H2,26,28)(H,29,30). The Morgan fingerprint density at radius 3 is 2.65 bits per heavy atom. The van der Waals surface area contributed by atoms with Crippen molar-refractivity contribution < 1.29 is 19.4 Å². The number of nitrogens with zero attached hydrogens (tertiary/aromatic N) is 1. The molecule has 0 saturated carbocycles. The van der Waals surface area contributed by atoms with Gasteiger partial charge in [0, 0.05) is 29.8 Å². The number of carboxylic acids is 1. The van der Waals surface area contributed by atoms with Crippen LogP contribution in [0.3, 0.4) is 0 Å². The minimum atomic E-state index is -1.16. The number of ether oxygens (including phenoxy) is 1. The zero-order chi connectivity index (χ0) is 22.1. The van der Waals surface area contributed by atoms with Gasteiger partial charge in [-0.05, 0) is 43.4 Å². The fraction of sp³-hybridized carbons (Fsp3) is 0.333. The molecule has 0 radical (unpaired) electrons. The minimum Gasteiger partial charge on any atom is -0.479 e. The van der Waals surface area contributed by atoms with E-state index in [1.807, 2.05) is 30.3 Å². The molecular formula is C24H25ClN2O4. The fourth-order valence-electron chi connectivity index (χ4n) is 4.72. The molecular weight excluding hydrogens is 416 g/mol. The second-order valence-corrected chi connectivity index (χ2v) is 8.22. The number of amides is 1. The lowest BCUT2D eigenvalue weighted by Crippen LogP contribution is -2.26. The number of fused-ring (bicyclic) bond motifs is 3. The fourth-order valence-corrected chi connectivity index (χ4v) is 4.98. The third-order valence-electron chi connectivity index (χ3n) is 5.96. The van der Waals surface area contributed by atoms with E-state index < -0.39 is 23.9 Å². The summed E-state index contributed by atoms with van der Waals surface area (Å²) in [6.07, 6.45) is 1.07. The molecule has 1 aliphatic carbocycles. The van der Waals surface area contributed by atoms with Gasteiger partial charge in [0.25, 0.3) is 0 Å². The first-order valence-corrected chi connectivity index (χ1v) is 10.8. The lowest BCUT2D eigenvalue weighted by Gasteiger charge is -2.23. The van der Waals surface area contributed by atoms with Crippen LogP contribution in [0.4, 0.5) is 0 Å². The Morgan fingerprint density at radius 2 is 2.00 bits per heavy atom. The number of nitrogens with two attached hydrogens (primary N) is 1. The minimum absolute atomic E-state index is 0.243. The van der Waals surface area contributed by atoms with Crippen LogP contribution in [0.5, 0.6) is 0 Å². The van der Waals surface area contributed by atoms with E-state index in [4.69, 9.17) is 22.1 Å². The van der Waals surface area contributed by atoms with Gasteiger partial charge in [-0.25, -0.2) is 4.79 Å². The number of halogens is 1. The van der Waals surface area contributed by atoms with E-state index >= 15 is 0 Å². The molecule has 6 nitrogen and oxygen atoms in total. The first-order valence-electron chi connectivity index (χ1n) is 10.4. The van der Waals surface area contributed by atoms with Gasteiger partial charge in [0.05, 0.1) is 16.5 Å². The predicted octanol–water partition coefficient (Wildman–Crippen LogP) is 4.41. The molecule has 0 bridgehead atoms. The number of rotatable bonds is 7. The molecule has 162 valence electrons. The van der Waals surface area contributed by atoms with Crippen molar-refractivity contribution in [2.75, 3.05) is 6.61 Å². The lowest BCUT2D eigenvalue weighted by molar-refractivity contribution is -0.150. The molecule has 1 amide bonds. The summed E-state index contributed by atoms with van der Waals surface area (Å²) >= 11 is 6.68. The van der Waals surface area contributed by atoms with E-state index in [1.165, 1.54) is 0 Å². The smallest absolute Gasteiger partial charge is 0.337 e. The molecule has 0 fully saturated rings. The SMILES string of the molecule is CCOC(C(=O)O)c1ccc(Cl)c2c1c1c(n2Cc2ccccc2)CCCC1C(N)=O. The molecule has 7 heteroatoms. The van der Waals surface area contributed by atoms with Crippen molar-refractivity contribution in [1.82, 2.24) is 4.57 Å². The largest absolute Gasteiger partial charge is 0.479 e. The zero-order valence-corrected chi connectivity index (χ0v) is 18.1. The number of hydrogen-bond donors (Lipinski definition) is 2. The van der Waals surface area contributed by atoms with Crippen molar-refractivity contribution in [1.29, 1.82) is 0 Å². The van der Waals surface area contributed by atoms with Crippen LogP contribution in [0.2, 0.25) is 5.02 Å². The number of benzene rings is 2. The summed E-state index contributed by atoms with van der Waals surface area (Å²) in [7, 11) is 0. The summed E-state index contributed by atoms with van der Waals surface area (Å²) in [6, 6.07) is 13.4. The Morgan fingerprint density at radius 1 is 1.26 bits per heavy atom. The average molecular weight is 441 g/mol. The third kappa shape index (κ3) is 3.82. The van der Waals surface area contributed by atoms with E-state index in [1.54, 1.807) is 19.1 Å². The Bertz CT molecular complexity index is 1140. The highest BCUT2D eigenvalue weighted by Gasteiger charge is 2.35. The van der Waals surface area contributed by atoms with E-state index in [2.05, 4.69) is 4.57 Å². The highest BCUT2D eigenvalue weighted by Crippen LogP contribution is 2.45. The lowest BCUT2D eigenvalue weighted by atomic mass is 9.83. The van der Waals surface area contributed by atoms with Gasteiger partial charge in [0.1, 0.15) is 0 Å². The molecule has 4 rings (SSSR count). The molecule has 1 aliphatic rings. The highest BCUT2D eigenvalue weighted by atomic mass is 35.5. The number of primary amides is 1. The van der Waals surface area contributed by atoms with Crippen LogP contribution >= 0.6 is 11.6 Å². The number of carboxylic acid groups (broad SMARTS) is 1.